The van der Waals surface area contributed by atoms with Gasteiger partial charge in [0.25, 0.3) is 5.91 Å². The van der Waals surface area contributed by atoms with Gasteiger partial charge in [0, 0.05) is 30.7 Å². The molecule has 4 rings (SSSR count). The van der Waals surface area contributed by atoms with Crippen LogP contribution < -0.4 is 16.0 Å². The van der Waals surface area contributed by atoms with Gasteiger partial charge < -0.3 is 21.1 Å². The van der Waals surface area contributed by atoms with Crippen molar-refractivity contribution in [1.29, 1.82) is 0 Å². The molecule has 1 aliphatic rings. The fourth-order valence-corrected chi connectivity index (χ4v) is 4.61. The van der Waals surface area contributed by atoms with Crippen molar-refractivity contribution >= 4 is 28.6 Å². The second kappa shape index (κ2) is 8.56. The quantitative estimate of drug-likeness (QED) is 0.567. The zero-order chi connectivity index (χ0) is 22.1. The van der Waals surface area contributed by atoms with Crippen LogP contribution in [0.2, 0.25) is 0 Å². The minimum absolute atomic E-state index is 0.000611. The summed E-state index contributed by atoms with van der Waals surface area (Å²) in [6, 6.07) is 3.71. The summed E-state index contributed by atoms with van der Waals surface area (Å²) in [7, 11) is 0. The van der Waals surface area contributed by atoms with Crippen LogP contribution in [0.15, 0.2) is 36.0 Å². The molecule has 0 saturated carbocycles. The lowest BCUT2D eigenvalue weighted by atomic mass is 9.96. The van der Waals surface area contributed by atoms with E-state index in [-0.39, 0.29) is 16.7 Å². The number of aromatic hydroxyl groups is 1. The van der Waals surface area contributed by atoms with Gasteiger partial charge in [-0.1, -0.05) is 6.92 Å². The molecule has 1 amide bonds. The number of carbonyl (C=O) groups excluding carboxylic acids is 1. The third-order valence-corrected chi connectivity index (χ3v) is 5.96. The number of hydrogen-bond acceptors (Lipinski definition) is 7. The third-order valence-electron chi connectivity index (χ3n) is 5.10. The van der Waals surface area contributed by atoms with Crippen LogP contribution >= 0.6 is 11.3 Å². The molecular formula is C21H21F2N5O2S. The fourth-order valence-electron chi connectivity index (χ4n) is 3.77. The lowest BCUT2D eigenvalue weighted by Crippen LogP contribution is -2.46. The number of phenolic OH excluding ortho intramolecular Hbond substituents is 1. The molecule has 0 bridgehead atoms. The first-order chi connectivity index (χ1) is 14.8. The topological polar surface area (TPSA) is 104 Å². The summed E-state index contributed by atoms with van der Waals surface area (Å²) in [4.78, 5) is 23.1. The van der Waals surface area contributed by atoms with Crippen LogP contribution in [0, 0.1) is 17.6 Å². The van der Waals surface area contributed by atoms with E-state index in [9.17, 15) is 18.7 Å². The molecule has 1 fully saturated rings. The van der Waals surface area contributed by atoms with E-state index in [1.807, 2.05) is 6.07 Å². The number of carbonyl (C=O) groups is 1. The molecule has 1 saturated heterocycles. The van der Waals surface area contributed by atoms with Crippen molar-refractivity contribution in [2.45, 2.75) is 19.4 Å². The van der Waals surface area contributed by atoms with Crippen molar-refractivity contribution in [3.8, 4) is 16.3 Å². The largest absolute Gasteiger partial charge is 0.505 e. The Labute approximate surface area is 181 Å². The SMILES string of the molecule is CC1CC(N)CN(c2ccncc2NC(=O)c2csc(-c3c(F)ccc(O)c3F)n2)C1. The van der Waals surface area contributed by atoms with Crippen LogP contribution in [0.25, 0.3) is 10.6 Å². The first-order valence-corrected chi connectivity index (χ1v) is 10.6. The van der Waals surface area contributed by atoms with Crippen molar-refractivity contribution in [1.82, 2.24) is 9.97 Å². The van der Waals surface area contributed by atoms with Gasteiger partial charge in [0.15, 0.2) is 11.6 Å². The number of phenols is 1. The van der Waals surface area contributed by atoms with Gasteiger partial charge in [0.05, 0.1) is 23.1 Å². The zero-order valence-corrected chi connectivity index (χ0v) is 17.5. The molecule has 0 radical (unpaired) electrons. The molecule has 4 N–H and O–H groups in total. The number of rotatable bonds is 4. The Kier molecular flexibility index (Phi) is 5.84. The first kappa shape index (κ1) is 21.1. The lowest BCUT2D eigenvalue weighted by molar-refractivity contribution is 0.102. The first-order valence-electron chi connectivity index (χ1n) is 9.72. The van der Waals surface area contributed by atoms with Gasteiger partial charge >= 0.3 is 0 Å². The van der Waals surface area contributed by atoms with Crippen molar-refractivity contribution in [2.24, 2.45) is 11.7 Å². The van der Waals surface area contributed by atoms with Gasteiger partial charge in [-0.15, -0.1) is 11.3 Å². The normalized spacial score (nSPS) is 18.8. The van der Waals surface area contributed by atoms with Crippen molar-refractivity contribution in [3.63, 3.8) is 0 Å². The summed E-state index contributed by atoms with van der Waals surface area (Å²) in [5, 5.41) is 13.7. The number of pyridine rings is 1. The summed E-state index contributed by atoms with van der Waals surface area (Å²) in [5.74, 6) is -2.81. The highest BCUT2D eigenvalue weighted by Gasteiger charge is 2.25. The maximum Gasteiger partial charge on any atom is 0.275 e. The standard InChI is InChI=1S/C21H21F2N5O2S/c1-11-6-12(24)9-28(8-11)16-4-5-25-7-14(16)26-20(30)15-10-31-21(27-15)18-13(22)2-3-17(29)19(18)23/h2-5,7,10-12,29H,6,8-9,24H2,1H3,(H,26,30). The Morgan fingerprint density at radius 3 is 2.90 bits per heavy atom. The Hall–Kier alpha value is -3.11. The highest BCUT2D eigenvalue weighted by atomic mass is 32.1. The molecule has 7 nitrogen and oxygen atoms in total. The predicted octanol–water partition coefficient (Wildman–Crippen LogP) is 3.61. The Balaban J connectivity index is 1.58. The average molecular weight is 445 g/mol. The zero-order valence-electron chi connectivity index (χ0n) is 16.7. The van der Waals surface area contributed by atoms with Gasteiger partial charge in [0.2, 0.25) is 0 Å². The number of anilines is 2. The predicted molar refractivity (Wildman–Crippen MR) is 115 cm³/mol. The molecule has 2 unspecified atom stereocenters. The Morgan fingerprint density at radius 1 is 1.32 bits per heavy atom. The van der Waals surface area contributed by atoms with E-state index >= 15 is 0 Å². The fraction of sp³-hybridized carbons (Fsp3) is 0.286. The maximum atomic E-state index is 14.2. The number of thiazole rings is 1. The van der Waals surface area contributed by atoms with Gasteiger partial charge in [-0.05, 0) is 30.5 Å². The second-order valence-electron chi connectivity index (χ2n) is 7.65. The van der Waals surface area contributed by atoms with E-state index in [0.29, 0.717) is 18.2 Å². The minimum Gasteiger partial charge on any atom is -0.505 e. The molecule has 3 heterocycles. The average Bonchev–Trinajstić information content (AvgIpc) is 3.21. The van der Waals surface area contributed by atoms with E-state index in [4.69, 9.17) is 5.73 Å². The Morgan fingerprint density at radius 2 is 2.13 bits per heavy atom. The van der Waals surface area contributed by atoms with E-state index in [0.717, 1.165) is 42.1 Å². The lowest BCUT2D eigenvalue weighted by Gasteiger charge is -2.37. The summed E-state index contributed by atoms with van der Waals surface area (Å²) in [6.07, 6.45) is 4.12. The molecule has 31 heavy (non-hydrogen) atoms. The van der Waals surface area contributed by atoms with Crippen LogP contribution in [0.4, 0.5) is 20.2 Å². The smallest absolute Gasteiger partial charge is 0.275 e. The minimum atomic E-state index is -1.12. The molecule has 162 valence electrons. The number of nitrogens with one attached hydrogen (secondary N) is 1. The summed E-state index contributed by atoms with van der Waals surface area (Å²) < 4.78 is 28.3. The van der Waals surface area contributed by atoms with Crippen LogP contribution in [-0.4, -0.2) is 40.1 Å². The van der Waals surface area contributed by atoms with Gasteiger partial charge in [0.1, 0.15) is 16.5 Å². The molecule has 0 aliphatic carbocycles. The molecular weight excluding hydrogens is 424 g/mol. The van der Waals surface area contributed by atoms with Crippen LogP contribution in [0.1, 0.15) is 23.8 Å². The van der Waals surface area contributed by atoms with Crippen molar-refractivity contribution in [3.05, 3.63) is 53.3 Å². The molecule has 0 spiro atoms. The highest BCUT2D eigenvalue weighted by molar-refractivity contribution is 7.13. The van der Waals surface area contributed by atoms with E-state index in [1.165, 1.54) is 5.38 Å². The van der Waals surface area contributed by atoms with Crippen molar-refractivity contribution in [2.75, 3.05) is 23.3 Å². The Bertz CT molecular complexity index is 1110. The van der Waals surface area contributed by atoms with Gasteiger partial charge in [-0.3, -0.25) is 9.78 Å². The number of nitrogens with two attached hydrogens (primary N) is 1. The molecule has 3 aromatic rings. The molecule has 1 aromatic carbocycles. The maximum absolute atomic E-state index is 14.2. The van der Waals surface area contributed by atoms with Crippen molar-refractivity contribution < 1.29 is 18.7 Å². The number of benzene rings is 1. The molecule has 2 aromatic heterocycles. The molecule has 2 atom stereocenters. The van der Waals surface area contributed by atoms with Gasteiger partial charge in [-0.25, -0.2) is 13.8 Å². The molecule has 1 aliphatic heterocycles. The molecule has 10 heteroatoms. The third kappa shape index (κ3) is 4.35. The van der Waals surface area contributed by atoms with Crippen LogP contribution in [0.5, 0.6) is 5.75 Å². The number of hydrogen-bond donors (Lipinski definition) is 3. The number of aromatic nitrogens is 2. The number of nitrogens with zero attached hydrogens (tertiary/aromatic N) is 3. The van der Waals surface area contributed by atoms with E-state index in [1.54, 1.807) is 12.4 Å². The number of piperidine rings is 1. The summed E-state index contributed by atoms with van der Waals surface area (Å²) in [5.41, 5.74) is 6.98. The monoisotopic (exact) mass is 445 g/mol. The summed E-state index contributed by atoms with van der Waals surface area (Å²) in [6.45, 7) is 3.59. The van der Waals surface area contributed by atoms with Gasteiger partial charge in [-0.2, -0.15) is 0 Å². The van der Waals surface area contributed by atoms with Crippen LogP contribution in [0.3, 0.4) is 0 Å². The second-order valence-corrected chi connectivity index (χ2v) is 8.50. The number of amides is 1. The summed E-state index contributed by atoms with van der Waals surface area (Å²) >= 11 is 0.906. The van der Waals surface area contributed by atoms with E-state index < -0.39 is 28.9 Å². The van der Waals surface area contributed by atoms with E-state index in [2.05, 4.69) is 27.1 Å². The van der Waals surface area contributed by atoms with Crippen LogP contribution in [-0.2, 0) is 0 Å². The number of halogens is 2. The highest BCUT2D eigenvalue weighted by Crippen LogP contribution is 2.34.